The number of hydrogen-bond donors (Lipinski definition) is 2. The van der Waals surface area contributed by atoms with Gasteiger partial charge in [-0.25, -0.2) is 23.4 Å². The number of thiol groups is 1. The summed E-state index contributed by atoms with van der Waals surface area (Å²) in [6.45, 7) is 4.49. The van der Waals surface area contributed by atoms with E-state index in [0.29, 0.717) is 9.90 Å². The first-order chi connectivity index (χ1) is 27.7. The summed E-state index contributed by atoms with van der Waals surface area (Å²) in [6.07, 6.45) is 7.25. The van der Waals surface area contributed by atoms with E-state index in [1.165, 1.54) is 46.9 Å². The molecule has 0 bridgehead atoms. The molecule has 2 N–H and O–H groups in total. The van der Waals surface area contributed by atoms with Crippen molar-refractivity contribution in [3.8, 4) is 0 Å². The second-order valence-electron chi connectivity index (χ2n) is 12.2. The number of hydrogen-bond acceptors (Lipinski definition) is 11. The van der Waals surface area contributed by atoms with Gasteiger partial charge in [0.1, 0.15) is 9.22 Å². The molecule has 0 unspecified atom stereocenters. The van der Waals surface area contributed by atoms with Crippen LogP contribution in [0.1, 0.15) is 28.9 Å². The van der Waals surface area contributed by atoms with Crippen LogP contribution in [0.15, 0.2) is 173 Å². The molecule has 3 heterocycles. The fourth-order valence-electron chi connectivity index (χ4n) is 5.61. The molecule has 0 saturated heterocycles. The highest BCUT2D eigenvalue weighted by molar-refractivity contribution is 9.11. The van der Waals surface area contributed by atoms with E-state index in [0.717, 1.165) is 43.6 Å². The van der Waals surface area contributed by atoms with Crippen molar-refractivity contribution >= 4 is 129 Å². The first-order valence-corrected chi connectivity index (χ1v) is 23.9. The third-order valence-corrected chi connectivity index (χ3v) is 16.0. The lowest BCUT2D eigenvalue weighted by atomic mass is 10.1. The molecule has 58 heavy (non-hydrogen) atoms. The summed E-state index contributed by atoms with van der Waals surface area (Å²) in [5, 5.41) is 9.71. The summed E-state index contributed by atoms with van der Waals surface area (Å²) >= 11 is 14.1. The van der Waals surface area contributed by atoms with Crippen molar-refractivity contribution < 1.29 is 8.42 Å². The van der Waals surface area contributed by atoms with Crippen LogP contribution in [0.2, 0.25) is 0 Å². The van der Waals surface area contributed by atoms with Gasteiger partial charge in [-0.05, 0) is 73.9 Å². The Hall–Kier alpha value is -3.63. The maximum Gasteiger partial charge on any atom is 0.218 e. The number of benzene rings is 6. The monoisotopic (exact) mass is 962 g/mol. The third-order valence-electron chi connectivity index (χ3n) is 8.40. The zero-order valence-corrected chi connectivity index (χ0v) is 38.9. The smallest absolute Gasteiger partial charge is 0.218 e. The highest BCUT2D eigenvalue weighted by Crippen LogP contribution is 2.36. The lowest BCUT2D eigenvalue weighted by Crippen LogP contribution is -2.00. The highest BCUT2D eigenvalue weighted by atomic mass is 79.9. The topological polar surface area (TPSA) is 98.8 Å². The largest absolute Gasteiger partial charge is 0.325 e. The van der Waals surface area contributed by atoms with Gasteiger partial charge in [0.15, 0.2) is 0 Å². The van der Waals surface area contributed by atoms with E-state index >= 15 is 0 Å². The van der Waals surface area contributed by atoms with Crippen molar-refractivity contribution in [2.75, 3.05) is 0 Å². The molecule has 6 aromatic carbocycles. The predicted octanol–water partition coefficient (Wildman–Crippen LogP) is 13.6. The van der Waals surface area contributed by atoms with Crippen molar-refractivity contribution in [2.24, 2.45) is 5.73 Å². The number of nitrogens with zero attached hydrogens (tertiary/aromatic N) is 3. The number of halogens is 2. The molecule has 0 saturated carbocycles. The Labute approximate surface area is 375 Å². The van der Waals surface area contributed by atoms with Crippen LogP contribution in [0, 0.1) is 0 Å². The summed E-state index contributed by atoms with van der Waals surface area (Å²) in [6, 6.07) is 42.0. The molecule has 0 radical (unpaired) electrons. The Bertz CT molecular complexity index is 2810. The number of nitrogens with two attached hydrogens (primary N) is 1. The van der Waals surface area contributed by atoms with E-state index in [1.807, 2.05) is 78.8 Å². The van der Waals surface area contributed by atoms with Gasteiger partial charge in [0, 0.05) is 21.7 Å². The summed E-state index contributed by atoms with van der Waals surface area (Å²) in [4.78, 5) is 15.2. The van der Waals surface area contributed by atoms with Gasteiger partial charge in [-0.15, -0.1) is 59.0 Å². The molecule has 6 nitrogen and oxygen atoms in total. The quantitative estimate of drug-likeness (QED) is 0.154. The van der Waals surface area contributed by atoms with Gasteiger partial charge in [0.25, 0.3) is 0 Å². The van der Waals surface area contributed by atoms with Gasteiger partial charge in [-0.1, -0.05) is 135 Å². The number of fused-ring (bicyclic) bond motifs is 3. The highest BCUT2D eigenvalue weighted by Gasteiger charge is 2.22. The van der Waals surface area contributed by atoms with Crippen molar-refractivity contribution in [1.29, 1.82) is 0 Å². The minimum Gasteiger partial charge on any atom is -0.325 e. The van der Waals surface area contributed by atoms with E-state index in [9.17, 15) is 8.42 Å². The van der Waals surface area contributed by atoms with E-state index in [2.05, 4.69) is 118 Å². The van der Waals surface area contributed by atoms with Gasteiger partial charge in [0.2, 0.25) is 9.84 Å². The fourth-order valence-corrected chi connectivity index (χ4v) is 11.9. The Morgan fingerprint density at radius 1 is 0.621 bits per heavy atom. The summed E-state index contributed by atoms with van der Waals surface area (Å²) in [5.74, 6) is 0. The van der Waals surface area contributed by atoms with Gasteiger partial charge in [-0.2, -0.15) is 0 Å². The first-order valence-electron chi connectivity index (χ1n) is 17.9. The lowest BCUT2D eigenvalue weighted by molar-refractivity contribution is 0.598. The van der Waals surface area contributed by atoms with E-state index in [4.69, 9.17) is 5.73 Å². The molecule has 0 aliphatic carbocycles. The number of rotatable bonds is 7. The van der Waals surface area contributed by atoms with Gasteiger partial charge in [0.05, 0.1) is 41.5 Å². The van der Waals surface area contributed by atoms with Gasteiger partial charge in [-0.3, -0.25) is 0 Å². The van der Waals surface area contributed by atoms with Crippen LogP contribution in [0.5, 0.6) is 0 Å². The molecule has 298 valence electrons. The van der Waals surface area contributed by atoms with Crippen molar-refractivity contribution in [1.82, 2.24) is 15.0 Å². The maximum absolute atomic E-state index is 12.7. The maximum atomic E-state index is 12.7. The average molecular weight is 965 g/mol. The molecule has 0 aliphatic rings. The Morgan fingerprint density at radius 2 is 1.14 bits per heavy atom. The normalized spacial score (nSPS) is 10.8. The molecule has 0 spiro atoms. The van der Waals surface area contributed by atoms with Crippen molar-refractivity contribution in [3.05, 3.63) is 165 Å². The number of aryl methyl sites for hydroxylation is 2. The van der Waals surface area contributed by atoms with E-state index in [-0.39, 0.29) is 23.2 Å². The second kappa shape index (κ2) is 22.1. The summed E-state index contributed by atoms with van der Waals surface area (Å²) in [7, 11) is -3.55. The van der Waals surface area contributed by atoms with Crippen LogP contribution >= 0.6 is 86.7 Å². The molecule has 3 aromatic heterocycles. The zero-order valence-electron chi connectivity index (χ0n) is 31.5. The average Bonchev–Trinajstić information content (AvgIpc) is 4.04. The minimum absolute atomic E-state index is 0. The fraction of sp³-hybridized carbons (Fsp3) is 0.114. The number of aromatic nitrogens is 3. The summed E-state index contributed by atoms with van der Waals surface area (Å²) in [5.41, 5.74) is 5.49. The van der Waals surface area contributed by atoms with Crippen LogP contribution in [-0.2, 0) is 29.2 Å². The Morgan fingerprint density at radius 3 is 1.71 bits per heavy atom. The molecule has 0 aliphatic heterocycles. The molecular weight excluding hydrogens is 924 g/mol. The van der Waals surface area contributed by atoms with Crippen LogP contribution in [0.25, 0.3) is 32.3 Å². The molecule has 14 heteroatoms. The zero-order chi connectivity index (χ0) is 40.2. The Balaban J connectivity index is 0.000000154. The van der Waals surface area contributed by atoms with Crippen LogP contribution in [0.4, 0.5) is 0 Å². The predicted molar refractivity (Wildman–Crippen MR) is 257 cm³/mol. The SMILES string of the molecule is CCc1ncc(Br)s1.CCc1ncc(Sc2cccc3ccccc23)s1.Cl.NCc1ncc(S(=O)(=O)c2cccc3ccccc23)s1.Sc1cccc2ccccc12. The second-order valence-corrected chi connectivity index (χ2v) is 20.9. The van der Waals surface area contributed by atoms with Crippen molar-refractivity contribution in [2.45, 2.75) is 56.3 Å². The van der Waals surface area contributed by atoms with E-state index in [1.54, 1.807) is 34.8 Å². The molecule has 9 rings (SSSR count). The van der Waals surface area contributed by atoms with Crippen LogP contribution < -0.4 is 5.73 Å². The Kier molecular flexibility index (Phi) is 17.3. The van der Waals surface area contributed by atoms with Crippen LogP contribution in [0.3, 0.4) is 0 Å². The first kappa shape index (κ1) is 45.5. The summed E-state index contributed by atoms with van der Waals surface area (Å²) < 4.78 is 28.0. The van der Waals surface area contributed by atoms with Gasteiger partial charge < -0.3 is 5.73 Å². The van der Waals surface area contributed by atoms with Gasteiger partial charge >= 0.3 is 0 Å². The standard InChI is InChI=1S/C15H13NS2.C14H12N2O2S2.C10H8S.C5H6BrNS.ClH/c1-2-14-16-10-15(18-14)17-13-9-5-7-11-6-3-4-8-12(11)13;15-8-13-16-9-14(19-13)20(17,18)12-7-3-5-10-4-1-2-6-11(10)12;11-10-7-3-5-8-4-1-2-6-9(8)10;1-2-5-7-3-4(6)8-5;/h3-10H,2H2,1H3;1-7,9H,8,15H2;1-7,11H;3H,2H2,1H3;1H. The third kappa shape index (κ3) is 11.8. The molecule has 0 atom stereocenters. The molecular formula is C44H40BrClN4O2S6. The molecule has 0 fully saturated rings. The minimum atomic E-state index is -3.55. The van der Waals surface area contributed by atoms with Crippen LogP contribution in [-0.4, -0.2) is 23.4 Å². The van der Waals surface area contributed by atoms with Crippen molar-refractivity contribution in [3.63, 3.8) is 0 Å². The number of sulfone groups is 1. The molecule has 9 aromatic rings. The molecule has 0 amide bonds. The number of thiazole rings is 3. The lowest BCUT2D eigenvalue weighted by Gasteiger charge is -2.05. The van der Waals surface area contributed by atoms with E-state index < -0.39 is 9.84 Å².